The Labute approximate surface area is 124 Å². The minimum Gasteiger partial charge on any atom is -0.480 e. The normalized spacial score (nSPS) is 19.0. The summed E-state index contributed by atoms with van der Waals surface area (Å²) in [6.45, 7) is 6.62. The van der Waals surface area contributed by atoms with E-state index in [1.807, 2.05) is 20.8 Å². The highest BCUT2D eigenvalue weighted by atomic mass is 16.4. The predicted octanol–water partition coefficient (Wildman–Crippen LogP) is 1.98. The van der Waals surface area contributed by atoms with E-state index in [2.05, 4.69) is 4.98 Å². The summed E-state index contributed by atoms with van der Waals surface area (Å²) in [7, 11) is 0. The van der Waals surface area contributed by atoms with Crippen LogP contribution < -0.4 is 0 Å². The fourth-order valence-electron chi connectivity index (χ4n) is 2.45. The fourth-order valence-corrected chi connectivity index (χ4v) is 2.45. The maximum Gasteiger partial charge on any atom is 0.326 e. The van der Waals surface area contributed by atoms with Gasteiger partial charge in [0.2, 0.25) is 5.91 Å². The van der Waals surface area contributed by atoms with Crippen LogP contribution in [0.4, 0.5) is 0 Å². The molecule has 0 bridgehead atoms. The summed E-state index contributed by atoms with van der Waals surface area (Å²) in [5.41, 5.74) is -0.112. The molecule has 1 aromatic rings. The minimum absolute atomic E-state index is 0.112. The molecular weight excluding hydrogens is 272 g/mol. The first-order valence-corrected chi connectivity index (χ1v) is 7.26. The highest BCUT2D eigenvalue weighted by Gasteiger charge is 2.33. The summed E-state index contributed by atoms with van der Waals surface area (Å²) in [5, 5.41) is 9.09. The van der Waals surface area contributed by atoms with E-state index in [9.17, 15) is 9.59 Å². The largest absolute Gasteiger partial charge is 0.480 e. The lowest BCUT2D eigenvalue weighted by Crippen LogP contribution is -2.40. The van der Waals surface area contributed by atoms with Gasteiger partial charge in [-0.15, -0.1) is 0 Å². The summed E-state index contributed by atoms with van der Waals surface area (Å²) >= 11 is 0. The Hall–Kier alpha value is -1.85. The van der Waals surface area contributed by atoms with Crippen LogP contribution >= 0.6 is 0 Å². The van der Waals surface area contributed by atoms with Crippen LogP contribution in [0.5, 0.6) is 0 Å². The molecule has 1 aliphatic rings. The SMILES string of the molecule is CC(C)(C)c1cnc(CCC(=O)N2CCC[C@H]2C(=O)O)o1. The molecule has 0 unspecified atom stereocenters. The molecule has 1 aromatic heterocycles. The van der Waals surface area contributed by atoms with Crippen molar-refractivity contribution in [3.8, 4) is 0 Å². The molecular formula is C15H22N2O4. The molecule has 0 saturated carbocycles. The Morgan fingerprint density at radius 3 is 2.76 bits per heavy atom. The number of hydrogen-bond donors (Lipinski definition) is 1. The van der Waals surface area contributed by atoms with Crippen LogP contribution in [0.2, 0.25) is 0 Å². The van der Waals surface area contributed by atoms with Crippen LogP contribution in [0, 0.1) is 0 Å². The average Bonchev–Trinajstić information content (AvgIpc) is 3.04. The molecule has 1 amide bonds. The molecule has 0 radical (unpaired) electrons. The number of aryl methyl sites for hydroxylation is 1. The van der Waals surface area contributed by atoms with E-state index in [1.165, 1.54) is 4.90 Å². The number of oxazole rings is 1. The summed E-state index contributed by atoms with van der Waals surface area (Å²) in [6, 6.07) is -0.674. The summed E-state index contributed by atoms with van der Waals surface area (Å²) in [5.74, 6) is 0.247. The van der Waals surface area contributed by atoms with Crippen molar-refractivity contribution in [1.29, 1.82) is 0 Å². The molecule has 2 heterocycles. The maximum absolute atomic E-state index is 12.1. The van der Waals surface area contributed by atoms with Gasteiger partial charge in [0.05, 0.1) is 6.20 Å². The average molecular weight is 294 g/mol. The van der Waals surface area contributed by atoms with Gasteiger partial charge >= 0.3 is 5.97 Å². The quantitative estimate of drug-likeness (QED) is 0.918. The number of carbonyl (C=O) groups is 2. The van der Waals surface area contributed by atoms with Gasteiger partial charge in [-0.1, -0.05) is 20.8 Å². The molecule has 1 N–H and O–H groups in total. The fraction of sp³-hybridized carbons (Fsp3) is 0.667. The van der Waals surface area contributed by atoms with Gasteiger partial charge in [-0.2, -0.15) is 0 Å². The summed E-state index contributed by atoms with van der Waals surface area (Å²) in [6.07, 6.45) is 3.60. The number of amides is 1. The molecule has 6 nitrogen and oxygen atoms in total. The second-order valence-corrected chi connectivity index (χ2v) is 6.45. The lowest BCUT2D eigenvalue weighted by Gasteiger charge is -2.21. The predicted molar refractivity (Wildman–Crippen MR) is 75.9 cm³/mol. The summed E-state index contributed by atoms with van der Waals surface area (Å²) < 4.78 is 5.64. The Kier molecular flexibility index (Phi) is 4.34. The van der Waals surface area contributed by atoms with Crippen LogP contribution in [0.15, 0.2) is 10.6 Å². The van der Waals surface area contributed by atoms with Crippen molar-refractivity contribution < 1.29 is 19.1 Å². The Morgan fingerprint density at radius 1 is 1.48 bits per heavy atom. The highest BCUT2D eigenvalue weighted by molar-refractivity contribution is 5.84. The molecule has 1 aliphatic heterocycles. The Bertz CT molecular complexity index is 530. The van der Waals surface area contributed by atoms with E-state index < -0.39 is 12.0 Å². The van der Waals surface area contributed by atoms with Gasteiger partial charge < -0.3 is 14.4 Å². The van der Waals surface area contributed by atoms with Gasteiger partial charge in [-0.05, 0) is 12.8 Å². The number of rotatable bonds is 4. The summed E-state index contributed by atoms with van der Waals surface area (Å²) in [4.78, 5) is 28.8. The number of likely N-dealkylation sites (tertiary alicyclic amines) is 1. The van der Waals surface area contributed by atoms with E-state index in [1.54, 1.807) is 6.20 Å². The van der Waals surface area contributed by atoms with Crippen molar-refractivity contribution in [3.05, 3.63) is 17.8 Å². The van der Waals surface area contributed by atoms with Gasteiger partial charge in [-0.25, -0.2) is 9.78 Å². The van der Waals surface area contributed by atoms with Gasteiger partial charge in [0.25, 0.3) is 0 Å². The zero-order chi connectivity index (χ0) is 15.6. The van der Waals surface area contributed by atoms with Crippen LogP contribution in [-0.4, -0.2) is 39.5 Å². The first kappa shape index (κ1) is 15.5. The van der Waals surface area contributed by atoms with E-state index in [0.29, 0.717) is 25.3 Å². The van der Waals surface area contributed by atoms with Gasteiger partial charge in [-0.3, -0.25) is 4.79 Å². The molecule has 0 spiro atoms. The van der Waals surface area contributed by atoms with Gasteiger partial charge in [0, 0.05) is 24.8 Å². The third-order valence-corrected chi connectivity index (χ3v) is 3.70. The van der Waals surface area contributed by atoms with Gasteiger partial charge in [0.15, 0.2) is 5.89 Å². The smallest absolute Gasteiger partial charge is 0.326 e. The topological polar surface area (TPSA) is 83.6 Å². The van der Waals surface area contributed by atoms with Gasteiger partial charge in [0.1, 0.15) is 11.8 Å². The monoisotopic (exact) mass is 294 g/mol. The lowest BCUT2D eigenvalue weighted by molar-refractivity contribution is -0.148. The molecule has 1 saturated heterocycles. The molecule has 6 heteroatoms. The molecule has 1 atom stereocenters. The van der Waals surface area contributed by atoms with Crippen molar-refractivity contribution >= 4 is 11.9 Å². The van der Waals surface area contributed by atoms with Crippen LogP contribution in [0.25, 0.3) is 0 Å². The maximum atomic E-state index is 12.1. The number of aliphatic carboxylic acids is 1. The highest BCUT2D eigenvalue weighted by Crippen LogP contribution is 2.23. The third kappa shape index (κ3) is 3.62. The number of carbonyl (C=O) groups excluding carboxylic acids is 1. The first-order chi connectivity index (χ1) is 9.79. The first-order valence-electron chi connectivity index (χ1n) is 7.26. The van der Waals surface area contributed by atoms with Crippen molar-refractivity contribution in [2.75, 3.05) is 6.54 Å². The number of carboxylic acids is 1. The van der Waals surface area contributed by atoms with Crippen LogP contribution in [0.3, 0.4) is 0 Å². The number of hydrogen-bond acceptors (Lipinski definition) is 4. The van der Waals surface area contributed by atoms with Crippen LogP contribution in [-0.2, 0) is 21.4 Å². The minimum atomic E-state index is -0.924. The van der Waals surface area contributed by atoms with Crippen molar-refractivity contribution in [1.82, 2.24) is 9.88 Å². The number of aromatic nitrogens is 1. The molecule has 1 fully saturated rings. The molecule has 0 aromatic carbocycles. The molecule has 2 rings (SSSR count). The van der Waals surface area contributed by atoms with Crippen molar-refractivity contribution in [2.24, 2.45) is 0 Å². The molecule has 116 valence electrons. The lowest BCUT2D eigenvalue weighted by atomic mass is 9.94. The molecule has 21 heavy (non-hydrogen) atoms. The van der Waals surface area contributed by atoms with E-state index in [0.717, 1.165) is 12.2 Å². The number of nitrogens with zero attached hydrogens (tertiary/aromatic N) is 2. The van der Waals surface area contributed by atoms with Crippen molar-refractivity contribution in [2.45, 2.75) is 57.9 Å². The zero-order valence-electron chi connectivity index (χ0n) is 12.8. The molecule has 0 aliphatic carbocycles. The van der Waals surface area contributed by atoms with E-state index in [-0.39, 0.29) is 17.7 Å². The number of carboxylic acid groups (broad SMARTS) is 1. The standard InChI is InChI=1S/C15H22N2O4/c1-15(2,3)11-9-16-12(21-11)6-7-13(18)17-8-4-5-10(17)14(19)20/h9-10H,4-8H2,1-3H3,(H,19,20)/t10-/m0/s1. The second-order valence-electron chi connectivity index (χ2n) is 6.45. The Morgan fingerprint density at radius 2 is 2.19 bits per heavy atom. The van der Waals surface area contributed by atoms with E-state index in [4.69, 9.17) is 9.52 Å². The second kappa shape index (κ2) is 5.87. The zero-order valence-corrected chi connectivity index (χ0v) is 12.8. The van der Waals surface area contributed by atoms with Crippen molar-refractivity contribution in [3.63, 3.8) is 0 Å². The third-order valence-electron chi connectivity index (χ3n) is 3.70. The Balaban J connectivity index is 1.92. The van der Waals surface area contributed by atoms with Crippen LogP contribution in [0.1, 0.15) is 51.7 Å². The van der Waals surface area contributed by atoms with E-state index >= 15 is 0 Å².